The van der Waals surface area contributed by atoms with Crippen LogP contribution in [0.15, 0.2) is 94.7 Å². The molecule has 3 atom stereocenters. The molecule has 1 fully saturated rings. The minimum absolute atomic E-state index is 0.0149. The SMILES string of the molecule is Cc1cccc(S(=O)(=O)O[C@@H]2C[C@@H]3c4ccccc4Oc4ccc(F)cc4[C@H]3N2S(=O)(=O)c2ccccc2[N+](=O)[O-])c1[N+](=O)[O-]. The van der Waals surface area contributed by atoms with Crippen molar-refractivity contribution in [1.82, 2.24) is 4.31 Å². The molecule has 0 N–H and O–H groups in total. The Kier molecular flexibility index (Phi) is 7.39. The van der Waals surface area contributed by atoms with Crippen molar-refractivity contribution in [3.05, 3.63) is 128 Å². The van der Waals surface area contributed by atoms with Gasteiger partial charge in [0.2, 0.25) is 0 Å². The van der Waals surface area contributed by atoms with E-state index in [1.54, 1.807) is 24.3 Å². The minimum Gasteiger partial charge on any atom is -0.457 e. The molecule has 0 unspecified atom stereocenters. The van der Waals surface area contributed by atoms with E-state index in [-0.39, 0.29) is 23.3 Å². The lowest BCUT2D eigenvalue weighted by Gasteiger charge is -2.30. The van der Waals surface area contributed by atoms with E-state index in [1.807, 2.05) is 0 Å². The second kappa shape index (κ2) is 11.0. The molecule has 0 amide bonds. The van der Waals surface area contributed by atoms with Crippen LogP contribution in [0.25, 0.3) is 0 Å². The van der Waals surface area contributed by atoms with Crippen molar-refractivity contribution in [2.24, 2.45) is 0 Å². The summed E-state index contributed by atoms with van der Waals surface area (Å²) in [5.74, 6) is -1.30. The van der Waals surface area contributed by atoms with Gasteiger partial charge in [0.05, 0.1) is 15.9 Å². The number of halogens is 1. The molecule has 0 spiro atoms. The summed E-state index contributed by atoms with van der Waals surface area (Å²) < 4.78 is 83.5. The number of fused-ring (bicyclic) bond motifs is 5. The standard InChI is InChI=1S/C29H22FN3O10S2/c1-17-7-6-12-26(28(17)33(36)37)45(40,41)43-27-16-20-19-8-2-4-10-23(19)42-24-14-13-18(30)15-21(24)29(20)31(27)44(38,39)25-11-5-3-9-22(25)32(34)35/h2-15,20,27,29H,16H2,1H3/t20-,27-,29+/m1/s1. The topological polar surface area (TPSA) is 176 Å². The van der Waals surface area contributed by atoms with Crippen LogP contribution >= 0.6 is 0 Å². The van der Waals surface area contributed by atoms with Gasteiger partial charge in [-0.1, -0.05) is 42.5 Å². The minimum atomic E-state index is -5.05. The van der Waals surface area contributed by atoms with Crippen molar-refractivity contribution in [3.8, 4) is 11.5 Å². The molecular formula is C29H22FN3O10S2. The Morgan fingerprint density at radius 1 is 0.844 bits per heavy atom. The van der Waals surface area contributed by atoms with E-state index in [2.05, 4.69) is 0 Å². The molecule has 0 saturated carbocycles. The van der Waals surface area contributed by atoms with Crippen molar-refractivity contribution >= 4 is 31.5 Å². The zero-order chi connectivity index (χ0) is 32.3. The van der Waals surface area contributed by atoms with Gasteiger partial charge < -0.3 is 4.74 Å². The third-order valence-corrected chi connectivity index (χ3v) is 11.0. The normalized spacial score (nSPS) is 19.5. The lowest BCUT2D eigenvalue weighted by Crippen LogP contribution is -2.40. The third kappa shape index (κ3) is 5.10. The highest BCUT2D eigenvalue weighted by molar-refractivity contribution is 7.89. The zero-order valence-electron chi connectivity index (χ0n) is 23.1. The van der Waals surface area contributed by atoms with Crippen molar-refractivity contribution < 1.29 is 40.0 Å². The average molecular weight is 656 g/mol. The molecule has 1 saturated heterocycles. The van der Waals surface area contributed by atoms with Gasteiger partial charge in [0.15, 0.2) is 9.79 Å². The summed E-state index contributed by atoms with van der Waals surface area (Å²) >= 11 is 0. The lowest BCUT2D eigenvalue weighted by atomic mass is 9.88. The molecule has 16 heteroatoms. The quantitative estimate of drug-likeness (QED) is 0.136. The summed E-state index contributed by atoms with van der Waals surface area (Å²) in [6.45, 7) is 1.33. The molecule has 0 aromatic heterocycles. The van der Waals surface area contributed by atoms with Crippen LogP contribution in [0.5, 0.6) is 11.5 Å². The van der Waals surface area contributed by atoms with E-state index >= 15 is 0 Å². The number of sulfonamides is 1. The van der Waals surface area contributed by atoms with Gasteiger partial charge >= 0.3 is 10.1 Å². The van der Waals surface area contributed by atoms with Gasteiger partial charge in [0.25, 0.3) is 21.4 Å². The predicted molar refractivity (Wildman–Crippen MR) is 155 cm³/mol. The maximum absolute atomic E-state index is 14.8. The van der Waals surface area contributed by atoms with Gasteiger partial charge in [0, 0.05) is 23.1 Å². The number of nitrogens with zero attached hydrogens (tertiary/aromatic N) is 3. The number of para-hydroxylation sites is 3. The molecule has 0 radical (unpaired) electrons. The Bertz CT molecular complexity index is 2110. The van der Waals surface area contributed by atoms with E-state index in [4.69, 9.17) is 8.92 Å². The molecule has 4 aromatic rings. The Labute approximate surface area is 255 Å². The Morgan fingerprint density at radius 2 is 1.51 bits per heavy atom. The van der Waals surface area contributed by atoms with Gasteiger partial charge in [-0.2, -0.15) is 12.7 Å². The van der Waals surface area contributed by atoms with E-state index in [0.29, 0.717) is 15.6 Å². The molecule has 6 rings (SSSR count). The summed E-state index contributed by atoms with van der Waals surface area (Å²) in [7, 11) is -10.1. The van der Waals surface area contributed by atoms with Crippen LogP contribution in [0.2, 0.25) is 0 Å². The van der Waals surface area contributed by atoms with Gasteiger partial charge in [0.1, 0.15) is 23.5 Å². The highest BCUT2D eigenvalue weighted by Crippen LogP contribution is 2.57. The van der Waals surface area contributed by atoms with E-state index < -0.39 is 75.2 Å². The number of aryl methyl sites for hydroxylation is 1. The number of benzene rings is 4. The molecule has 2 aliphatic rings. The van der Waals surface area contributed by atoms with Gasteiger partial charge in [-0.25, -0.2) is 17.0 Å². The lowest BCUT2D eigenvalue weighted by molar-refractivity contribution is -0.388. The molecule has 0 bridgehead atoms. The summed E-state index contributed by atoms with van der Waals surface area (Å²) in [6.07, 6.45) is -2.23. The fourth-order valence-corrected chi connectivity index (χ4v) is 9.11. The largest absolute Gasteiger partial charge is 0.457 e. The van der Waals surface area contributed by atoms with Crippen molar-refractivity contribution in [3.63, 3.8) is 0 Å². The number of nitro groups is 2. The smallest absolute Gasteiger partial charge is 0.305 e. The van der Waals surface area contributed by atoms with Gasteiger partial charge in [-0.15, -0.1) is 0 Å². The number of rotatable bonds is 7. The summed E-state index contributed by atoms with van der Waals surface area (Å²) in [5, 5.41) is 23.8. The summed E-state index contributed by atoms with van der Waals surface area (Å²) in [5.41, 5.74) is -1.08. The number of hydrogen-bond acceptors (Lipinski definition) is 10. The number of hydrogen-bond donors (Lipinski definition) is 0. The first-order valence-corrected chi connectivity index (χ1v) is 16.2. The van der Waals surface area contributed by atoms with Gasteiger partial charge in [-0.05, 0) is 55.3 Å². The first-order chi connectivity index (χ1) is 21.3. The summed E-state index contributed by atoms with van der Waals surface area (Å²) in [6, 6.07) is 16.7. The van der Waals surface area contributed by atoms with Gasteiger partial charge in [-0.3, -0.25) is 20.2 Å². The van der Waals surface area contributed by atoms with E-state index in [9.17, 15) is 41.5 Å². The first-order valence-electron chi connectivity index (χ1n) is 13.3. The van der Waals surface area contributed by atoms with Crippen molar-refractivity contribution in [2.45, 2.75) is 41.3 Å². The van der Waals surface area contributed by atoms with Crippen molar-refractivity contribution in [2.75, 3.05) is 0 Å². The fraction of sp³-hybridized carbons (Fsp3) is 0.172. The van der Waals surface area contributed by atoms with Crippen LogP contribution < -0.4 is 4.74 Å². The zero-order valence-corrected chi connectivity index (χ0v) is 24.8. The second-order valence-electron chi connectivity index (χ2n) is 10.4. The van der Waals surface area contributed by atoms with Crippen LogP contribution in [0.3, 0.4) is 0 Å². The van der Waals surface area contributed by atoms with E-state index in [0.717, 1.165) is 30.3 Å². The highest BCUT2D eigenvalue weighted by atomic mass is 32.2. The molecule has 45 heavy (non-hydrogen) atoms. The average Bonchev–Trinajstić information content (AvgIpc) is 3.30. The third-order valence-electron chi connectivity index (χ3n) is 7.73. The summed E-state index contributed by atoms with van der Waals surface area (Å²) in [4.78, 5) is 20.4. The Morgan fingerprint density at radius 3 is 2.24 bits per heavy atom. The van der Waals surface area contributed by atoms with Crippen LogP contribution in [-0.2, 0) is 24.3 Å². The Hall–Kier alpha value is -4.77. The first kappa shape index (κ1) is 30.3. The van der Waals surface area contributed by atoms with E-state index in [1.165, 1.54) is 37.3 Å². The molecule has 2 aliphatic heterocycles. The molecule has 2 heterocycles. The highest BCUT2D eigenvalue weighted by Gasteiger charge is 2.55. The molecule has 4 aromatic carbocycles. The van der Waals surface area contributed by atoms with Crippen LogP contribution in [-0.4, -0.2) is 37.2 Å². The maximum atomic E-state index is 14.8. The molecule has 0 aliphatic carbocycles. The number of ether oxygens (including phenoxy) is 1. The predicted octanol–water partition coefficient (Wildman–Crippen LogP) is 5.71. The molecule has 13 nitrogen and oxygen atoms in total. The fourth-order valence-electron chi connectivity index (χ4n) is 5.89. The second-order valence-corrected chi connectivity index (χ2v) is 13.7. The van der Waals surface area contributed by atoms with Crippen LogP contribution in [0, 0.1) is 33.0 Å². The van der Waals surface area contributed by atoms with Crippen molar-refractivity contribution in [1.29, 1.82) is 0 Å². The van der Waals surface area contributed by atoms with Crippen LogP contribution in [0.1, 0.15) is 35.1 Å². The molecule has 232 valence electrons. The Balaban J connectivity index is 1.60. The maximum Gasteiger partial charge on any atom is 0.305 e. The van der Waals surface area contributed by atoms with Crippen LogP contribution in [0.4, 0.5) is 15.8 Å². The molecular weight excluding hydrogens is 633 g/mol. The monoisotopic (exact) mass is 655 g/mol. The number of nitro benzene ring substituents is 2.